The Kier molecular flexibility index (Phi) is 6.39. The third-order valence-corrected chi connectivity index (χ3v) is 12.5. The quantitative estimate of drug-likeness (QED) is 0.169. The fraction of sp³-hybridized carbons (Fsp3) is 0.0192. The highest BCUT2D eigenvalue weighted by molar-refractivity contribution is 6.90. The van der Waals surface area contributed by atoms with Crippen LogP contribution in [0.15, 0.2) is 176 Å². The van der Waals surface area contributed by atoms with E-state index in [-0.39, 0.29) is 6.85 Å². The zero-order chi connectivity index (χ0) is 38.1. The molecule has 0 amide bonds. The second kappa shape index (κ2) is 11.7. The van der Waals surface area contributed by atoms with Gasteiger partial charge < -0.3 is 9.05 Å². The third-order valence-electron chi connectivity index (χ3n) is 12.5. The van der Waals surface area contributed by atoms with Crippen molar-refractivity contribution in [1.29, 1.82) is 0 Å². The number of hydrogen-bond acceptors (Lipinski definition) is 3. The first-order valence-electron chi connectivity index (χ1n) is 19.9. The van der Waals surface area contributed by atoms with E-state index in [9.17, 15) is 0 Å². The van der Waals surface area contributed by atoms with Crippen LogP contribution in [0.2, 0.25) is 0 Å². The van der Waals surface area contributed by atoms with E-state index in [1.54, 1.807) is 0 Å². The molecule has 6 heteroatoms. The van der Waals surface area contributed by atoms with Gasteiger partial charge in [-0.3, -0.25) is 0 Å². The molecule has 0 aliphatic carbocycles. The number of aromatic nitrogens is 5. The van der Waals surface area contributed by atoms with Crippen LogP contribution in [0.25, 0.3) is 106 Å². The molecular weight excluding hydrogens is 705 g/mol. The molecule has 0 saturated heterocycles. The highest BCUT2D eigenvalue weighted by Gasteiger charge is 2.42. The van der Waals surface area contributed by atoms with E-state index in [2.05, 4.69) is 155 Å². The van der Waals surface area contributed by atoms with E-state index in [1.807, 2.05) is 36.4 Å². The predicted molar refractivity (Wildman–Crippen MR) is 240 cm³/mol. The number of hydrogen-bond donors (Lipinski definition) is 0. The minimum absolute atomic E-state index is 0.0138. The summed E-state index contributed by atoms with van der Waals surface area (Å²) in [6.45, 7) is 2.33. The van der Waals surface area contributed by atoms with Crippen molar-refractivity contribution in [2.75, 3.05) is 0 Å². The lowest BCUT2D eigenvalue weighted by atomic mass is 9.45. The Bertz CT molecular complexity index is 3470. The predicted octanol–water partition coefficient (Wildman–Crippen LogP) is 11.0. The van der Waals surface area contributed by atoms with Crippen LogP contribution < -0.4 is 10.9 Å². The van der Waals surface area contributed by atoms with Gasteiger partial charge in [-0.25, -0.2) is 15.0 Å². The molecule has 0 saturated carbocycles. The Labute approximate surface area is 334 Å². The van der Waals surface area contributed by atoms with E-state index in [1.165, 1.54) is 82.5 Å². The maximum Gasteiger partial charge on any atom is 0.333 e. The van der Waals surface area contributed by atoms with Crippen molar-refractivity contribution in [1.82, 2.24) is 24.0 Å². The maximum absolute atomic E-state index is 5.10. The van der Waals surface area contributed by atoms with Gasteiger partial charge in [0.2, 0.25) is 0 Å². The lowest BCUT2D eigenvalue weighted by Crippen LogP contribution is -2.55. The van der Waals surface area contributed by atoms with Crippen molar-refractivity contribution in [3.8, 4) is 62.1 Å². The molecule has 5 nitrogen and oxygen atoms in total. The van der Waals surface area contributed by atoms with E-state index >= 15 is 0 Å². The van der Waals surface area contributed by atoms with Crippen LogP contribution in [0.5, 0.6) is 0 Å². The van der Waals surface area contributed by atoms with Gasteiger partial charge in [0.05, 0.1) is 11.0 Å². The van der Waals surface area contributed by atoms with Crippen LogP contribution in [0, 0.1) is 6.92 Å². The zero-order valence-corrected chi connectivity index (χ0v) is 31.6. The van der Waals surface area contributed by atoms with Crippen molar-refractivity contribution in [3.63, 3.8) is 0 Å². The van der Waals surface area contributed by atoms with Crippen LogP contribution >= 0.6 is 0 Å². The van der Waals surface area contributed by atoms with Gasteiger partial charge >= 0.3 is 6.85 Å². The summed E-state index contributed by atoms with van der Waals surface area (Å²) in [4.78, 5) is 15.2. The molecule has 3 aromatic heterocycles. The molecule has 2 aliphatic rings. The maximum atomic E-state index is 5.10. The molecule has 0 bridgehead atoms. The van der Waals surface area contributed by atoms with Crippen molar-refractivity contribution in [3.05, 3.63) is 181 Å². The second-order valence-electron chi connectivity index (χ2n) is 15.6. The van der Waals surface area contributed by atoms with E-state index in [4.69, 9.17) is 15.0 Å². The molecule has 8 aromatic carbocycles. The Morgan fingerprint density at radius 1 is 0.431 bits per heavy atom. The monoisotopic (exact) mass is 737 g/mol. The summed E-state index contributed by atoms with van der Waals surface area (Å²) in [7, 11) is 0. The zero-order valence-electron chi connectivity index (χ0n) is 31.6. The minimum atomic E-state index is 0.0138. The van der Waals surface area contributed by atoms with Crippen LogP contribution in [0.1, 0.15) is 5.56 Å². The minimum Gasteiger partial charge on any atom is -0.375 e. The molecule has 5 heterocycles. The van der Waals surface area contributed by atoms with E-state index < -0.39 is 0 Å². The summed E-state index contributed by atoms with van der Waals surface area (Å²) in [5.74, 6) is 1.95. The molecule has 13 rings (SSSR count). The SMILES string of the molecule is Cc1c(-c2cccc(-c3nc(-c4ccccc4)nc(-c4ccccc4)n3)c2)cc2c3c1-c1cccc4c5ccccc5n(c14)B3c1cccc3c4ccccc4n-2c13. The molecule has 268 valence electrons. The van der Waals surface area contributed by atoms with Gasteiger partial charge in [0.1, 0.15) is 0 Å². The normalized spacial score (nSPS) is 12.5. The highest BCUT2D eigenvalue weighted by Crippen LogP contribution is 2.46. The topological polar surface area (TPSA) is 48.5 Å². The van der Waals surface area contributed by atoms with Gasteiger partial charge in [-0.1, -0.05) is 152 Å². The van der Waals surface area contributed by atoms with Crippen molar-refractivity contribution >= 4 is 61.4 Å². The number of rotatable bonds is 4. The fourth-order valence-corrected chi connectivity index (χ4v) is 10.1. The first kappa shape index (κ1) is 31.6. The van der Waals surface area contributed by atoms with E-state index in [0.717, 1.165) is 22.3 Å². The van der Waals surface area contributed by atoms with Crippen molar-refractivity contribution in [2.24, 2.45) is 0 Å². The van der Waals surface area contributed by atoms with Crippen LogP contribution in [0.3, 0.4) is 0 Å². The van der Waals surface area contributed by atoms with Gasteiger partial charge in [0, 0.05) is 60.5 Å². The molecule has 0 atom stereocenters. The van der Waals surface area contributed by atoms with Gasteiger partial charge in [0.15, 0.2) is 17.5 Å². The highest BCUT2D eigenvalue weighted by atomic mass is 15.0. The molecule has 0 N–H and O–H groups in total. The molecule has 0 radical (unpaired) electrons. The Morgan fingerprint density at radius 2 is 0.966 bits per heavy atom. The molecule has 58 heavy (non-hydrogen) atoms. The molecule has 11 aromatic rings. The number of fused-ring (bicyclic) bond motifs is 10. The Hall–Kier alpha value is -7.57. The van der Waals surface area contributed by atoms with Crippen molar-refractivity contribution in [2.45, 2.75) is 6.92 Å². The summed E-state index contributed by atoms with van der Waals surface area (Å²) in [5.41, 5.74) is 18.0. The van der Waals surface area contributed by atoms with Crippen LogP contribution in [-0.2, 0) is 0 Å². The van der Waals surface area contributed by atoms with Crippen LogP contribution in [0.4, 0.5) is 0 Å². The van der Waals surface area contributed by atoms with Gasteiger partial charge in [-0.15, -0.1) is 0 Å². The summed E-state index contributed by atoms with van der Waals surface area (Å²) in [6.07, 6.45) is 0. The largest absolute Gasteiger partial charge is 0.375 e. The molecule has 0 unspecified atom stereocenters. The number of para-hydroxylation sites is 4. The summed E-state index contributed by atoms with van der Waals surface area (Å²) < 4.78 is 5.18. The number of benzene rings is 8. The molecule has 0 spiro atoms. The first-order chi connectivity index (χ1) is 28.7. The lowest BCUT2D eigenvalue weighted by molar-refractivity contribution is 1.07. The smallest absolute Gasteiger partial charge is 0.333 e. The second-order valence-corrected chi connectivity index (χ2v) is 15.6. The summed E-state index contributed by atoms with van der Waals surface area (Å²) in [6, 6.07) is 63.2. The van der Waals surface area contributed by atoms with Gasteiger partial charge in [0.25, 0.3) is 0 Å². The summed E-state index contributed by atoms with van der Waals surface area (Å²) in [5, 5.41) is 5.15. The van der Waals surface area contributed by atoms with Gasteiger partial charge in [-0.2, -0.15) is 0 Å². The standard InChI is InChI=1S/C52H32BN5/c1-31-41(34-19-12-20-35(29-34)52-55-50(32-15-4-2-5-16-32)54-51(56-52)33-17-6-3-7-18-33)30-45-47-46(31)40-25-13-23-38-37-22-9-11-28-44(37)58(48(38)40)53(47)42-26-14-24-39-36-21-8-10-27-43(36)57(45)49(39)42/h2-30H,1H3. The third kappa shape index (κ3) is 4.23. The van der Waals surface area contributed by atoms with Crippen LogP contribution in [-0.4, -0.2) is 30.8 Å². The van der Waals surface area contributed by atoms with Gasteiger partial charge in [-0.05, 0) is 64.4 Å². The Balaban J connectivity index is 1.11. The first-order valence-corrected chi connectivity index (χ1v) is 19.9. The molecular formula is C52H32BN5. The fourth-order valence-electron chi connectivity index (χ4n) is 10.1. The lowest BCUT2D eigenvalue weighted by Gasteiger charge is -2.35. The molecule has 0 fully saturated rings. The average molecular weight is 738 g/mol. The summed E-state index contributed by atoms with van der Waals surface area (Å²) >= 11 is 0. The Morgan fingerprint density at radius 3 is 1.69 bits per heavy atom. The molecule has 2 aliphatic heterocycles. The van der Waals surface area contributed by atoms with Crippen molar-refractivity contribution < 1.29 is 0 Å². The number of nitrogens with zero attached hydrogens (tertiary/aromatic N) is 5. The average Bonchev–Trinajstić information content (AvgIpc) is 3.81. The van der Waals surface area contributed by atoms with E-state index in [0.29, 0.717) is 17.5 Å².